The fraction of sp³-hybridized carbons (Fsp3) is 0.533. The third-order valence-electron chi connectivity index (χ3n) is 3.58. The maximum atomic E-state index is 11.3. The Balaban J connectivity index is 3.22. The predicted molar refractivity (Wildman–Crippen MR) is 82.1 cm³/mol. The van der Waals surface area contributed by atoms with Crippen molar-refractivity contribution in [1.29, 1.82) is 0 Å². The van der Waals surface area contributed by atoms with Crippen molar-refractivity contribution in [3.63, 3.8) is 0 Å². The second kappa shape index (κ2) is 8.36. The third-order valence-corrected chi connectivity index (χ3v) is 3.58. The van der Waals surface area contributed by atoms with E-state index in [-0.39, 0.29) is 11.7 Å². The fourth-order valence-electron chi connectivity index (χ4n) is 2.43. The smallest absolute Gasteiger partial charge is 0.270 e. The van der Waals surface area contributed by atoms with Crippen molar-refractivity contribution in [2.75, 3.05) is 25.2 Å². The van der Waals surface area contributed by atoms with Crippen molar-refractivity contribution in [2.45, 2.75) is 32.7 Å². The Kier molecular flexibility index (Phi) is 6.81. The van der Waals surface area contributed by atoms with Gasteiger partial charge in [-0.15, -0.1) is 0 Å². The summed E-state index contributed by atoms with van der Waals surface area (Å²) in [7, 11) is 1.63. The van der Waals surface area contributed by atoms with Crippen LogP contribution in [0.5, 0.6) is 0 Å². The lowest BCUT2D eigenvalue weighted by atomic mass is 10.1. The van der Waals surface area contributed by atoms with Crippen molar-refractivity contribution in [1.82, 2.24) is 0 Å². The van der Waals surface area contributed by atoms with Crippen molar-refractivity contribution >= 4 is 17.7 Å². The summed E-state index contributed by atoms with van der Waals surface area (Å²) in [6, 6.07) is 4.67. The molecule has 0 spiro atoms. The molecule has 0 aliphatic heterocycles. The molecule has 0 saturated heterocycles. The van der Waals surface area contributed by atoms with Crippen molar-refractivity contribution in [2.24, 2.45) is 0 Å². The zero-order chi connectivity index (χ0) is 15.8. The molecule has 1 aromatic carbocycles. The summed E-state index contributed by atoms with van der Waals surface area (Å²) in [4.78, 5) is 23.7. The number of carbonyl (C=O) groups excluding carboxylic acids is 1. The lowest BCUT2D eigenvalue weighted by Crippen LogP contribution is -2.37. The minimum Gasteiger partial charge on any atom is -0.383 e. The molecule has 6 heteroatoms. The van der Waals surface area contributed by atoms with E-state index in [9.17, 15) is 14.9 Å². The molecule has 0 unspecified atom stereocenters. The Hall–Kier alpha value is -1.95. The van der Waals surface area contributed by atoms with Crippen LogP contribution in [-0.2, 0) is 4.74 Å². The summed E-state index contributed by atoms with van der Waals surface area (Å²) in [5.74, 6) is 0. The summed E-state index contributed by atoms with van der Waals surface area (Å²) in [6.07, 6.45) is 2.52. The van der Waals surface area contributed by atoms with E-state index >= 15 is 0 Å². The molecule has 0 aliphatic carbocycles. The molecular weight excluding hydrogens is 272 g/mol. The number of carbonyl (C=O) groups is 1. The zero-order valence-electron chi connectivity index (χ0n) is 12.7. The largest absolute Gasteiger partial charge is 0.383 e. The van der Waals surface area contributed by atoms with E-state index in [1.807, 2.05) is 0 Å². The van der Waals surface area contributed by atoms with Crippen LogP contribution >= 0.6 is 0 Å². The molecule has 0 N–H and O–H groups in total. The van der Waals surface area contributed by atoms with Crippen molar-refractivity contribution in [3.8, 4) is 0 Å². The number of methoxy groups -OCH3 is 1. The minimum atomic E-state index is -0.493. The highest BCUT2D eigenvalue weighted by atomic mass is 16.6. The van der Waals surface area contributed by atoms with Gasteiger partial charge in [0.2, 0.25) is 0 Å². The van der Waals surface area contributed by atoms with E-state index in [2.05, 4.69) is 18.7 Å². The first-order valence-corrected chi connectivity index (χ1v) is 7.08. The molecule has 0 aromatic heterocycles. The predicted octanol–water partition coefficient (Wildman–Crippen LogP) is 3.05. The average molecular weight is 294 g/mol. The van der Waals surface area contributed by atoms with Gasteiger partial charge in [-0.3, -0.25) is 14.9 Å². The number of anilines is 1. The number of nitro groups is 1. The topological polar surface area (TPSA) is 72.7 Å². The van der Waals surface area contributed by atoms with E-state index in [4.69, 9.17) is 4.74 Å². The van der Waals surface area contributed by atoms with Gasteiger partial charge in [-0.25, -0.2) is 0 Å². The van der Waals surface area contributed by atoms with E-state index in [1.54, 1.807) is 13.2 Å². The lowest BCUT2D eigenvalue weighted by Gasteiger charge is -2.33. The van der Waals surface area contributed by atoms with Gasteiger partial charge in [-0.05, 0) is 18.9 Å². The number of aldehydes is 1. The normalized spacial score (nSPS) is 10.7. The Bertz CT molecular complexity index is 487. The van der Waals surface area contributed by atoms with Gasteiger partial charge in [0.15, 0.2) is 6.29 Å². The molecule has 6 nitrogen and oxygen atoms in total. The molecule has 0 radical (unpaired) electrons. The highest BCUT2D eigenvalue weighted by Crippen LogP contribution is 2.27. The SMILES string of the molecule is CCC(CC)N(CCOC)c1ccc([N+](=O)[O-])cc1C=O. The summed E-state index contributed by atoms with van der Waals surface area (Å²) < 4.78 is 5.13. The quantitative estimate of drug-likeness (QED) is 0.397. The summed E-state index contributed by atoms with van der Waals surface area (Å²) in [6.45, 7) is 5.34. The fourth-order valence-corrected chi connectivity index (χ4v) is 2.43. The molecule has 1 rings (SSSR count). The highest BCUT2D eigenvalue weighted by Gasteiger charge is 2.20. The van der Waals surface area contributed by atoms with Gasteiger partial charge in [-0.1, -0.05) is 13.8 Å². The number of non-ortho nitro benzene ring substituents is 1. The average Bonchev–Trinajstić information content (AvgIpc) is 2.50. The van der Waals surface area contributed by atoms with Gasteiger partial charge in [0.1, 0.15) is 0 Å². The second-order valence-corrected chi connectivity index (χ2v) is 4.77. The molecule has 21 heavy (non-hydrogen) atoms. The van der Waals surface area contributed by atoms with Gasteiger partial charge >= 0.3 is 0 Å². The highest BCUT2D eigenvalue weighted by molar-refractivity contribution is 5.86. The molecular formula is C15H22N2O4. The maximum absolute atomic E-state index is 11.3. The first-order chi connectivity index (χ1) is 10.1. The van der Waals surface area contributed by atoms with Crippen LogP contribution in [0.2, 0.25) is 0 Å². The number of rotatable bonds is 9. The lowest BCUT2D eigenvalue weighted by molar-refractivity contribution is -0.384. The Morgan fingerprint density at radius 3 is 2.52 bits per heavy atom. The van der Waals surface area contributed by atoms with Gasteiger partial charge < -0.3 is 9.64 Å². The Labute approximate surface area is 124 Å². The summed E-state index contributed by atoms with van der Waals surface area (Å²) in [5.41, 5.74) is 0.991. The standard InChI is InChI=1S/C15H22N2O4/c1-4-13(5-2)16(8-9-21-3)15-7-6-14(17(19)20)10-12(15)11-18/h6-7,10-11,13H,4-5,8-9H2,1-3H3. The van der Waals surface area contributed by atoms with Crippen LogP contribution < -0.4 is 4.90 Å². The summed E-state index contributed by atoms with van der Waals surface area (Å²) in [5, 5.41) is 10.8. The van der Waals surface area contributed by atoms with Crippen LogP contribution in [0.1, 0.15) is 37.0 Å². The molecule has 116 valence electrons. The second-order valence-electron chi connectivity index (χ2n) is 4.77. The number of hydrogen-bond acceptors (Lipinski definition) is 5. The van der Waals surface area contributed by atoms with Crippen LogP contribution in [0, 0.1) is 10.1 Å². The number of nitrogens with zero attached hydrogens (tertiary/aromatic N) is 2. The third kappa shape index (κ3) is 4.26. The molecule has 1 aromatic rings. The number of hydrogen-bond donors (Lipinski definition) is 0. The van der Waals surface area contributed by atoms with Crippen LogP contribution in [-0.4, -0.2) is 37.5 Å². The number of nitro benzene ring substituents is 1. The first-order valence-electron chi connectivity index (χ1n) is 7.08. The van der Waals surface area contributed by atoms with E-state index < -0.39 is 4.92 Å². The Morgan fingerprint density at radius 1 is 1.38 bits per heavy atom. The monoisotopic (exact) mass is 294 g/mol. The van der Waals surface area contributed by atoms with E-state index in [0.29, 0.717) is 25.0 Å². The van der Waals surface area contributed by atoms with Crippen LogP contribution in [0.15, 0.2) is 18.2 Å². The van der Waals surface area contributed by atoms with Crippen LogP contribution in [0.25, 0.3) is 0 Å². The molecule has 0 aliphatic rings. The molecule has 0 atom stereocenters. The van der Waals surface area contributed by atoms with Gasteiger partial charge in [0.05, 0.1) is 11.5 Å². The van der Waals surface area contributed by atoms with E-state index in [1.165, 1.54) is 12.1 Å². The summed E-state index contributed by atoms with van der Waals surface area (Å²) >= 11 is 0. The maximum Gasteiger partial charge on any atom is 0.270 e. The molecule has 0 bridgehead atoms. The molecule has 0 amide bonds. The van der Waals surface area contributed by atoms with Crippen molar-refractivity contribution in [3.05, 3.63) is 33.9 Å². The van der Waals surface area contributed by atoms with E-state index in [0.717, 1.165) is 18.5 Å². The Morgan fingerprint density at radius 2 is 2.05 bits per heavy atom. The van der Waals surface area contributed by atoms with Crippen molar-refractivity contribution < 1.29 is 14.5 Å². The zero-order valence-corrected chi connectivity index (χ0v) is 12.7. The van der Waals surface area contributed by atoms with Crippen LogP contribution in [0.4, 0.5) is 11.4 Å². The molecule has 0 fully saturated rings. The number of benzene rings is 1. The minimum absolute atomic E-state index is 0.0721. The first kappa shape index (κ1) is 17.1. The van der Waals surface area contributed by atoms with Crippen LogP contribution in [0.3, 0.4) is 0 Å². The van der Waals surface area contributed by atoms with Gasteiger partial charge in [0, 0.05) is 43.1 Å². The molecule has 0 heterocycles. The van der Waals surface area contributed by atoms with Gasteiger partial charge in [-0.2, -0.15) is 0 Å². The number of ether oxygens (including phenoxy) is 1. The molecule has 0 saturated carbocycles. The van der Waals surface area contributed by atoms with Gasteiger partial charge in [0.25, 0.3) is 5.69 Å².